The number of benzene rings is 1. The summed E-state index contributed by atoms with van der Waals surface area (Å²) in [4.78, 5) is 0. The summed E-state index contributed by atoms with van der Waals surface area (Å²) in [7, 11) is 0. The van der Waals surface area contributed by atoms with Crippen molar-refractivity contribution in [3.63, 3.8) is 0 Å². The molecule has 0 atom stereocenters. The molecule has 0 unspecified atom stereocenters. The van der Waals surface area contributed by atoms with E-state index in [0.29, 0.717) is 0 Å². The van der Waals surface area contributed by atoms with Crippen LogP contribution in [0.1, 0.15) is 70.8 Å². The minimum Gasteiger partial charge on any atom is -0.494 e. The highest BCUT2D eigenvalue weighted by atomic mass is 16.5. The van der Waals surface area contributed by atoms with E-state index in [1.54, 1.807) is 0 Å². The smallest absolute Gasteiger partial charge is 0.119 e. The lowest BCUT2D eigenvalue weighted by Gasteiger charge is -2.08. The third-order valence-electron chi connectivity index (χ3n) is 3.48. The van der Waals surface area contributed by atoms with E-state index < -0.39 is 0 Å². The molecule has 1 rings (SSSR count). The van der Waals surface area contributed by atoms with Gasteiger partial charge in [0.15, 0.2) is 0 Å². The molecule has 0 aromatic heterocycles. The van der Waals surface area contributed by atoms with Crippen molar-refractivity contribution in [3.05, 3.63) is 29.8 Å². The maximum atomic E-state index is 5.82. The van der Waals surface area contributed by atoms with Gasteiger partial charge in [-0.3, -0.25) is 0 Å². The molecule has 0 N–H and O–H groups in total. The molecule has 19 heavy (non-hydrogen) atoms. The Morgan fingerprint density at radius 3 is 2.32 bits per heavy atom. The van der Waals surface area contributed by atoms with Crippen molar-refractivity contribution in [1.82, 2.24) is 0 Å². The Kier molecular flexibility index (Phi) is 9.22. The van der Waals surface area contributed by atoms with Crippen LogP contribution in [-0.2, 0) is 6.42 Å². The Morgan fingerprint density at radius 1 is 0.842 bits per heavy atom. The number of rotatable bonds is 11. The highest BCUT2D eigenvalue weighted by Crippen LogP contribution is 2.16. The zero-order chi connectivity index (χ0) is 13.8. The predicted octanol–water partition coefficient (Wildman–Crippen LogP) is 5.77. The number of unbranched alkanes of at least 4 members (excludes halogenated alkanes) is 6. The fourth-order valence-electron chi connectivity index (χ4n) is 2.27. The minimum absolute atomic E-state index is 0.860. The summed E-state index contributed by atoms with van der Waals surface area (Å²) >= 11 is 0. The Hall–Kier alpha value is -0.980. The van der Waals surface area contributed by atoms with E-state index in [4.69, 9.17) is 4.74 Å². The molecule has 0 radical (unpaired) electrons. The molecule has 1 nitrogen and oxygen atoms in total. The molecule has 0 heterocycles. The fraction of sp³-hybridized carbons (Fsp3) is 0.667. The average molecular weight is 262 g/mol. The largest absolute Gasteiger partial charge is 0.494 e. The lowest BCUT2D eigenvalue weighted by atomic mass is 10.1. The second kappa shape index (κ2) is 10.9. The molecule has 0 amide bonds. The molecule has 0 aliphatic heterocycles. The van der Waals surface area contributed by atoms with Crippen LogP contribution in [0.3, 0.4) is 0 Å². The van der Waals surface area contributed by atoms with Crippen LogP contribution in [0.5, 0.6) is 5.75 Å². The first-order valence-corrected chi connectivity index (χ1v) is 8.08. The van der Waals surface area contributed by atoms with Gasteiger partial charge in [-0.05, 0) is 37.0 Å². The molecular weight excluding hydrogens is 232 g/mol. The summed E-state index contributed by atoms with van der Waals surface area (Å²) in [6.07, 6.45) is 11.6. The minimum atomic E-state index is 0.860. The SMILES string of the molecule is CCCCCCOc1cccc(CCCCCC)c1. The van der Waals surface area contributed by atoms with Crippen LogP contribution < -0.4 is 4.74 Å². The van der Waals surface area contributed by atoms with Gasteiger partial charge in [-0.1, -0.05) is 64.5 Å². The van der Waals surface area contributed by atoms with Gasteiger partial charge in [0.2, 0.25) is 0 Å². The van der Waals surface area contributed by atoms with Gasteiger partial charge in [0.25, 0.3) is 0 Å². The summed E-state index contributed by atoms with van der Waals surface area (Å²) in [5.41, 5.74) is 1.42. The third kappa shape index (κ3) is 7.92. The highest BCUT2D eigenvalue weighted by Gasteiger charge is 1.98. The van der Waals surface area contributed by atoms with Gasteiger partial charge in [0, 0.05) is 0 Å². The quantitative estimate of drug-likeness (QED) is 0.460. The molecule has 1 aromatic carbocycles. The summed E-state index contributed by atoms with van der Waals surface area (Å²) in [6, 6.07) is 8.63. The van der Waals surface area contributed by atoms with Gasteiger partial charge in [0.1, 0.15) is 5.75 Å². The van der Waals surface area contributed by atoms with Crippen LogP contribution in [0.2, 0.25) is 0 Å². The normalized spacial score (nSPS) is 10.6. The Labute approximate surface area is 119 Å². The first kappa shape index (κ1) is 16.1. The summed E-state index contributed by atoms with van der Waals surface area (Å²) < 4.78 is 5.82. The zero-order valence-electron chi connectivity index (χ0n) is 12.8. The van der Waals surface area contributed by atoms with Gasteiger partial charge < -0.3 is 4.74 Å². The van der Waals surface area contributed by atoms with Gasteiger partial charge in [-0.15, -0.1) is 0 Å². The van der Waals surface area contributed by atoms with Gasteiger partial charge in [-0.25, -0.2) is 0 Å². The number of aryl methyl sites for hydroxylation is 1. The van der Waals surface area contributed by atoms with Crippen molar-refractivity contribution in [1.29, 1.82) is 0 Å². The molecule has 0 aliphatic rings. The van der Waals surface area contributed by atoms with E-state index in [-0.39, 0.29) is 0 Å². The molecule has 0 saturated carbocycles. The van der Waals surface area contributed by atoms with Crippen molar-refractivity contribution in [2.45, 2.75) is 71.6 Å². The van der Waals surface area contributed by atoms with Crippen LogP contribution in [0.15, 0.2) is 24.3 Å². The van der Waals surface area contributed by atoms with E-state index in [1.165, 1.54) is 63.4 Å². The van der Waals surface area contributed by atoms with Gasteiger partial charge in [0.05, 0.1) is 6.61 Å². The van der Waals surface area contributed by atoms with Gasteiger partial charge in [-0.2, -0.15) is 0 Å². The standard InChI is InChI=1S/C18H30O/c1-3-5-7-9-12-17-13-11-14-18(16-17)19-15-10-8-6-4-2/h11,13-14,16H,3-10,12,15H2,1-2H3. The van der Waals surface area contributed by atoms with E-state index in [2.05, 4.69) is 38.1 Å². The fourth-order valence-corrected chi connectivity index (χ4v) is 2.27. The second-order valence-corrected chi connectivity index (χ2v) is 5.37. The molecule has 0 spiro atoms. The third-order valence-corrected chi connectivity index (χ3v) is 3.48. The van der Waals surface area contributed by atoms with Crippen molar-refractivity contribution in [2.24, 2.45) is 0 Å². The molecule has 0 fully saturated rings. The maximum absolute atomic E-state index is 5.82. The van der Waals surface area contributed by atoms with Crippen molar-refractivity contribution in [3.8, 4) is 5.75 Å². The number of ether oxygens (including phenoxy) is 1. The van der Waals surface area contributed by atoms with E-state index in [9.17, 15) is 0 Å². The van der Waals surface area contributed by atoms with Crippen molar-refractivity contribution < 1.29 is 4.74 Å². The Bertz CT molecular complexity index is 319. The zero-order valence-corrected chi connectivity index (χ0v) is 12.8. The average Bonchev–Trinajstić information content (AvgIpc) is 2.44. The van der Waals surface area contributed by atoms with Crippen molar-refractivity contribution >= 4 is 0 Å². The summed E-state index contributed by atoms with van der Waals surface area (Å²) in [5.74, 6) is 1.05. The number of hydrogen-bond acceptors (Lipinski definition) is 1. The van der Waals surface area contributed by atoms with Crippen LogP contribution in [0.4, 0.5) is 0 Å². The molecule has 1 aromatic rings. The lowest BCUT2D eigenvalue weighted by molar-refractivity contribution is 0.305. The summed E-state index contributed by atoms with van der Waals surface area (Å²) in [6.45, 7) is 5.36. The van der Waals surface area contributed by atoms with E-state index in [1.807, 2.05) is 0 Å². The van der Waals surface area contributed by atoms with Gasteiger partial charge >= 0.3 is 0 Å². The Balaban J connectivity index is 2.23. The van der Waals surface area contributed by atoms with Crippen LogP contribution in [0, 0.1) is 0 Å². The Morgan fingerprint density at radius 2 is 1.58 bits per heavy atom. The molecule has 0 bridgehead atoms. The van der Waals surface area contributed by atoms with Crippen LogP contribution in [0.25, 0.3) is 0 Å². The highest BCUT2D eigenvalue weighted by molar-refractivity contribution is 5.28. The molecule has 0 saturated heterocycles. The van der Waals surface area contributed by atoms with E-state index in [0.717, 1.165) is 12.4 Å². The van der Waals surface area contributed by atoms with Crippen LogP contribution >= 0.6 is 0 Å². The predicted molar refractivity (Wildman–Crippen MR) is 83.9 cm³/mol. The lowest BCUT2D eigenvalue weighted by Crippen LogP contribution is -1.97. The van der Waals surface area contributed by atoms with E-state index >= 15 is 0 Å². The molecular formula is C18H30O. The monoisotopic (exact) mass is 262 g/mol. The summed E-state index contributed by atoms with van der Waals surface area (Å²) in [5, 5.41) is 0. The number of hydrogen-bond donors (Lipinski definition) is 0. The van der Waals surface area contributed by atoms with Crippen LogP contribution in [-0.4, -0.2) is 6.61 Å². The first-order chi connectivity index (χ1) is 9.36. The molecule has 0 aliphatic carbocycles. The molecule has 1 heteroatoms. The van der Waals surface area contributed by atoms with Crippen molar-refractivity contribution in [2.75, 3.05) is 6.61 Å². The second-order valence-electron chi connectivity index (χ2n) is 5.37. The topological polar surface area (TPSA) is 9.23 Å². The first-order valence-electron chi connectivity index (χ1n) is 8.08. The molecule has 108 valence electrons. The maximum Gasteiger partial charge on any atom is 0.119 e.